The maximum Gasteiger partial charge on any atom is 0.148 e. The molecule has 1 saturated carbocycles. The number of rotatable bonds is 7. The van der Waals surface area contributed by atoms with Gasteiger partial charge in [-0.1, -0.05) is 6.42 Å². The molecule has 0 bridgehead atoms. The highest BCUT2D eigenvalue weighted by Crippen LogP contribution is 2.36. The molecule has 1 aliphatic carbocycles. The number of sulfone groups is 1. The molecule has 4 nitrogen and oxygen atoms in total. The molecular formula is C11H23NO3S2. The molecule has 3 N–H and O–H groups in total. The van der Waals surface area contributed by atoms with Crippen LogP contribution in [0.4, 0.5) is 0 Å². The lowest BCUT2D eigenvalue weighted by Crippen LogP contribution is -2.47. The quantitative estimate of drug-likeness (QED) is 0.670. The highest BCUT2D eigenvalue weighted by Gasteiger charge is 2.38. The van der Waals surface area contributed by atoms with Gasteiger partial charge in [0.1, 0.15) is 9.84 Å². The van der Waals surface area contributed by atoms with Crippen molar-refractivity contribution in [1.82, 2.24) is 0 Å². The minimum atomic E-state index is -2.84. The Labute approximate surface area is 108 Å². The van der Waals surface area contributed by atoms with Crippen LogP contribution in [0.2, 0.25) is 0 Å². The van der Waals surface area contributed by atoms with E-state index >= 15 is 0 Å². The maximum absolute atomic E-state index is 10.9. The first-order valence-electron chi connectivity index (χ1n) is 6.02. The van der Waals surface area contributed by atoms with Gasteiger partial charge in [0.2, 0.25) is 0 Å². The topological polar surface area (TPSA) is 80.4 Å². The second kappa shape index (κ2) is 6.41. The summed E-state index contributed by atoms with van der Waals surface area (Å²) in [4.78, 5) is 0. The first-order chi connectivity index (χ1) is 7.87. The number of hydrogen-bond donors (Lipinski definition) is 2. The number of aliphatic hydroxyl groups is 1. The van der Waals surface area contributed by atoms with Crippen LogP contribution in [-0.2, 0) is 9.84 Å². The summed E-state index contributed by atoms with van der Waals surface area (Å²) in [5, 5.41) is 9.29. The SMILES string of the molecule is CS(=O)(=O)CCSCCC1CCCC1(N)CO. The summed E-state index contributed by atoms with van der Waals surface area (Å²) in [6.07, 6.45) is 5.33. The van der Waals surface area contributed by atoms with Crippen molar-refractivity contribution in [1.29, 1.82) is 0 Å². The Morgan fingerprint density at radius 1 is 1.47 bits per heavy atom. The Bertz CT molecular complexity index is 332. The molecule has 0 saturated heterocycles. The molecule has 6 heteroatoms. The van der Waals surface area contributed by atoms with Crippen LogP contribution in [-0.4, -0.2) is 49.2 Å². The summed E-state index contributed by atoms with van der Waals surface area (Å²) in [5.74, 6) is 2.22. The summed E-state index contributed by atoms with van der Waals surface area (Å²) in [5.41, 5.74) is 5.74. The zero-order valence-electron chi connectivity index (χ0n) is 10.4. The molecule has 0 aromatic rings. The van der Waals surface area contributed by atoms with Gasteiger partial charge < -0.3 is 10.8 Å². The van der Waals surface area contributed by atoms with Gasteiger partial charge in [0.05, 0.1) is 12.4 Å². The van der Waals surface area contributed by atoms with Gasteiger partial charge >= 0.3 is 0 Å². The monoisotopic (exact) mass is 281 g/mol. The third-order valence-electron chi connectivity index (χ3n) is 3.51. The lowest BCUT2D eigenvalue weighted by atomic mass is 9.87. The zero-order chi connectivity index (χ0) is 12.9. The third-order valence-corrected chi connectivity index (χ3v) is 5.73. The summed E-state index contributed by atoms with van der Waals surface area (Å²) >= 11 is 1.66. The van der Waals surface area contributed by atoms with Crippen LogP contribution in [0.1, 0.15) is 25.7 Å². The molecule has 1 fully saturated rings. The molecule has 102 valence electrons. The van der Waals surface area contributed by atoms with Crippen molar-refractivity contribution in [2.24, 2.45) is 11.7 Å². The Balaban J connectivity index is 2.19. The Morgan fingerprint density at radius 2 is 2.18 bits per heavy atom. The lowest BCUT2D eigenvalue weighted by molar-refractivity contribution is 0.158. The Morgan fingerprint density at radius 3 is 2.76 bits per heavy atom. The normalized spacial score (nSPS) is 29.7. The van der Waals surface area contributed by atoms with Crippen LogP contribution >= 0.6 is 11.8 Å². The van der Waals surface area contributed by atoms with Gasteiger partial charge in [-0.15, -0.1) is 0 Å². The van der Waals surface area contributed by atoms with Crippen molar-refractivity contribution < 1.29 is 13.5 Å². The molecule has 0 aliphatic heterocycles. The zero-order valence-corrected chi connectivity index (χ0v) is 12.0. The summed E-state index contributed by atoms with van der Waals surface area (Å²) < 4.78 is 21.9. The lowest BCUT2D eigenvalue weighted by Gasteiger charge is -2.29. The van der Waals surface area contributed by atoms with Crippen molar-refractivity contribution in [2.75, 3.05) is 30.1 Å². The molecule has 0 heterocycles. The van der Waals surface area contributed by atoms with Crippen LogP contribution in [0.25, 0.3) is 0 Å². The van der Waals surface area contributed by atoms with E-state index in [9.17, 15) is 13.5 Å². The van der Waals surface area contributed by atoms with Gasteiger partial charge in [0.15, 0.2) is 0 Å². The largest absolute Gasteiger partial charge is 0.394 e. The highest BCUT2D eigenvalue weighted by atomic mass is 32.2. The van der Waals surface area contributed by atoms with Crippen LogP contribution in [0, 0.1) is 5.92 Å². The molecule has 2 unspecified atom stereocenters. The van der Waals surface area contributed by atoms with Crippen molar-refractivity contribution in [2.45, 2.75) is 31.2 Å². The number of hydrogen-bond acceptors (Lipinski definition) is 5. The smallest absolute Gasteiger partial charge is 0.148 e. The number of aliphatic hydroxyl groups excluding tert-OH is 1. The van der Waals surface area contributed by atoms with E-state index in [0.717, 1.165) is 31.4 Å². The van der Waals surface area contributed by atoms with Gasteiger partial charge in [0.25, 0.3) is 0 Å². The fourth-order valence-electron chi connectivity index (χ4n) is 2.35. The fourth-order valence-corrected chi connectivity index (χ4v) is 4.68. The summed E-state index contributed by atoms with van der Waals surface area (Å²) in [6, 6.07) is 0. The summed E-state index contributed by atoms with van der Waals surface area (Å²) in [7, 11) is -2.84. The minimum Gasteiger partial charge on any atom is -0.394 e. The molecule has 2 atom stereocenters. The van der Waals surface area contributed by atoms with Crippen molar-refractivity contribution in [3.63, 3.8) is 0 Å². The molecular weight excluding hydrogens is 258 g/mol. The van der Waals surface area contributed by atoms with Gasteiger partial charge in [-0.25, -0.2) is 8.42 Å². The average Bonchev–Trinajstić information content (AvgIpc) is 2.59. The standard InChI is InChI=1S/C11H23NO3S2/c1-17(14,15)8-7-16-6-4-10-3-2-5-11(10,12)9-13/h10,13H,2-9,12H2,1H3. The van der Waals surface area contributed by atoms with Crippen molar-refractivity contribution >= 4 is 21.6 Å². The average molecular weight is 281 g/mol. The van der Waals surface area contributed by atoms with E-state index in [1.165, 1.54) is 6.26 Å². The molecule has 1 rings (SSSR count). The van der Waals surface area contributed by atoms with Gasteiger partial charge in [-0.3, -0.25) is 0 Å². The second-order valence-corrected chi connectivity index (χ2v) is 8.50. The van der Waals surface area contributed by atoms with E-state index < -0.39 is 15.4 Å². The molecule has 0 aromatic carbocycles. The van der Waals surface area contributed by atoms with Gasteiger partial charge in [-0.05, 0) is 30.9 Å². The predicted octanol–water partition coefficient (Wildman–Crippen LogP) is 0.644. The molecule has 17 heavy (non-hydrogen) atoms. The van der Waals surface area contributed by atoms with E-state index in [2.05, 4.69) is 0 Å². The van der Waals surface area contributed by atoms with E-state index in [-0.39, 0.29) is 12.4 Å². The first kappa shape index (κ1) is 15.3. The van der Waals surface area contributed by atoms with E-state index in [0.29, 0.717) is 11.7 Å². The van der Waals surface area contributed by atoms with Crippen molar-refractivity contribution in [3.05, 3.63) is 0 Å². The number of nitrogens with two attached hydrogens (primary N) is 1. The molecule has 1 aliphatic rings. The minimum absolute atomic E-state index is 0.0612. The van der Waals surface area contributed by atoms with Crippen LogP contribution in [0.3, 0.4) is 0 Å². The Hall–Kier alpha value is 0.220. The fraction of sp³-hybridized carbons (Fsp3) is 1.00. The third kappa shape index (κ3) is 5.16. The molecule has 0 radical (unpaired) electrons. The van der Waals surface area contributed by atoms with Gasteiger partial charge in [0, 0.05) is 17.5 Å². The molecule has 0 spiro atoms. The van der Waals surface area contributed by atoms with Crippen LogP contribution < -0.4 is 5.73 Å². The predicted molar refractivity (Wildman–Crippen MR) is 73.0 cm³/mol. The highest BCUT2D eigenvalue weighted by molar-refractivity contribution is 8.00. The summed E-state index contributed by atoms with van der Waals surface area (Å²) in [6.45, 7) is 0.0612. The van der Waals surface area contributed by atoms with Crippen LogP contribution in [0.5, 0.6) is 0 Å². The maximum atomic E-state index is 10.9. The molecule has 0 amide bonds. The second-order valence-electron chi connectivity index (χ2n) is 5.01. The van der Waals surface area contributed by atoms with E-state index in [1.807, 2.05) is 0 Å². The first-order valence-corrected chi connectivity index (χ1v) is 9.24. The molecule has 0 aromatic heterocycles. The van der Waals surface area contributed by atoms with E-state index in [4.69, 9.17) is 5.73 Å². The van der Waals surface area contributed by atoms with Crippen LogP contribution in [0.15, 0.2) is 0 Å². The Kier molecular flexibility index (Phi) is 5.76. The van der Waals surface area contributed by atoms with Gasteiger partial charge in [-0.2, -0.15) is 11.8 Å². The van der Waals surface area contributed by atoms with E-state index in [1.54, 1.807) is 11.8 Å². The van der Waals surface area contributed by atoms with Crippen molar-refractivity contribution in [3.8, 4) is 0 Å². The number of thioether (sulfide) groups is 1.